The van der Waals surface area contributed by atoms with Gasteiger partial charge in [0, 0.05) is 63.2 Å². The number of esters is 6. The highest BCUT2D eigenvalue weighted by atomic mass is 16.6. The van der Waals surface area contributed by atoms with Crippen LogP contribution in [-0.2, 0) is 70.1 Å². The summed E-state index contributed by atoms with van der Waals surface area (Å²) >= 11 is 0. The lowest BCUT2D eigenvalue weighted by molar-refractivity contribution is -0.159. The highest BCUT2D eigenvalue weighted by Crippen LogP contribution is 2.52. The summed E-state index contributed by atoms with van der Waals surface area (Å²) in [5.41, 5.74) is 0.0927. The second-order valence-electron chi connectivity index (χ2n) is 29.2. The lowest BCUT2D eigenvalue weighted by Crippen LogP contribution is -2.43. The summed E-state index contributed by atoms with van der Waals surface area (Å²) < 4.78 is 56.6. The minimum Gasteiger partial charge on any atom is -0.487 e. The van der Waals surface area contributed by atoms with E-state index in [1.165, 1.54) is 27.7 Å². The number of fused-ring (bicyclic) bond motifs is 8. The fraction of sp³-hybridized carbons (Fsp3) is 0.493. The number of alkyl carbamates (subject to hydrolysis) is 1. The molecule has 0 saturated carbocycles. The molecule has 0 fully saturated rings. The number of rotatable bonds is 12. The molecule has 1 aliphatic carbocycles. The van der Waals surface area contributed by atoms with Crippen molar-refractivity contribution in [1.82, 2.24) is 5.32 Å². The van der Waals surface area contributed by atoms with Crippen LogP contribution in [0.25, 0.3) is 27.3 Å². The van der Waals surface area contributed by atoms with Crippen LogP contribution in [0.4, 0.5) is 4.79 Å². The number of hydrogen-bond donors (Lipinski definition) is 2. The van der Waals surface area contributed by atoms with Gasteiger partial charge in [-0.3, -0.25) is 38.4 Å². The average molecular weight is 1340 g/mol. The first-order chi connectivity index (χ1) is 44.8. The molecule has 1 amide bonds. The lowest BCUT2D eigenvalue weighted by Gasteiger charge is -2.36. The number of nitrogens with one attached hydrogen (secondary N) is 1. The van der Waals surface area contributed by atoms with E-state index in [1.807, 2.05) is 84.0 Å². The molecule has 5 aromatic carbocycles. The van der Waals surface area contributed by atoms with Crippen LogP contribution in [0.1, 0.15) is 204 Å². The summed E-state index contributed by atoms with van der Waals surface area (Å²) in [6.45, 7) is 34.9. The second-order valence-corrected chi connectivity index (χ2v) is 29.2. The van der Waals surface area contributed by atoms with Crippen LogP contribution in [0.5, 0.6) is 34.5 Å². The number of carboxylic acids is 1. The molecule has 0 saturated heterocycles. The van der Waals surface area contributed by atoms with Gasteiger partial charge in [-0.2, -0.15) is 0 Å². The standard InChI is InChI=1S/C26H32O7.C25H31NO7.C15H14O3.C9H16O4/c1-15(14-20(28)32-25(3,4)5)24(29)31-22-18-11-9-8-10-17(18)21-19(23(22)30-16(2)27)12-13-26(6,7)33-21;1-14(26-23(29)33-24(3,4)5)22(28)31-21-18-12-13-25(6,7)32-19(18)16-10-8-9-11-17(16)20(21)30-15(2)27;1-15(2)8-7-11-13(17)12(16)9-5-3-4-6-10(9)14(11)18-15;1-6(8(11)12)5-7(10)13-9(2,3)4/h8-11,15H,12-14H2,1-7H3;8-11,14H,12-13H2,1-7H3,(H,26,29);3-6H,7-8H2,1-2H3;6H,5H2,1-4H3,(H,11,12)/t15-;14-;;6-/m10.1/s1. The van der Waals surface area contributed by atoms with E-state index < -0.39 is 99.7 Å². The van der Waals surface area contributed by atoms with Gasteiger partial charge in [-0.1, -0.05) is 86.6 Å². The molecule has 3 heterocycles. The molecule has 4 aliphatic rings. The Labute approximate surface area is 566 Å². The molecule has 9 rings (SSSR count). The summed E-state index contributed by atoms with van der Waals surface area (Å²) in [7, 11) is 0. The molecule has 2 N–H and O–H groups in total. The number of allylic oxidation sites excluding steroid dienone is 1. The van der Waals surface area contributed by atoms with Crippen LogP contribution < -0.4 is 33.7 Å². The Balaban J connectivity index is 0.000000217. The zero-order chi connectivity index (χ0) is 72.7. The van der Waals surface area contributed by atoms with Crippen LogP contribution in [-0.4, -0.2) is 104 Å². The zero-order valence-corrected chi connectivity index (χ0v) is 59.4. The van der Waals surface area contributed by atoms with E-state index in [0.717, 1.165) is 22.8 Å². The summed E-state index contributed by atoms with van der Waals surface area (Å²) in [6, 6.07) is 20.8. The van der Waals surface area contributed by atoms with Crippen molar-refractivity contribution in [3.8, 4) is 34.5 Å². The Hall–Kier alpha value is -9.34. The molecule has 3 aliphatic heterocycles. The van der Waals surface area contributed by atoms with Crippen molar-refractivity contribution in [1.29, 1.82) is 0 Å². The third kappa shape index (κ3) is 21.1. The number of hydrogen-bond acceptors (Lipinski definition) is 20. The van der Waals surface area contributed by atoms with Crippen LogP contribution in [0.3, 0.4) is 0 Å². The normalized spacial score (nSPS) is 16.4. The second kappa shape index (κ2) is 30.4. The summed E-state index contributed by atoms with van der Waals surface area (Å²) in [5.74, 6) is -4.18. The van der Waals surface area contributed by atoms with Crippen molar-refractivity contribution in [3.63, 3.8) is 0 Å². The van der Waals surface area contributed by atoms with E-state index in [4.69, 9.17) is 52.5 Å². The van der Waals surface area contributed by atoms with Gasteiger partial charge in [0.15, 0.2) is 23.0 Å². The Bertz CT molecular complexity index is 3920. The van der Waals surface area contributed by atoms with Gasteiger partial charge in [-0.25, -0.2) is 9.59 Å². The predicted octanol–water partition coefficient (Wildman–Crippen LogP) is 14.0. The highest BCUT2D eigenvalue weighted by Gasteiger charge is 2.41. The number of Topliss-reactive ketones (excluding diaryl/α,β-unsaturated/α-hetero) is 2. The minimum atomic E-state index is -1.01. The smallest absolute Gasteiger partial charge is 0.408 e. The van der Waals surface area contributed by atoms with Gasteiger partial charge in [-0.15, -0.1) is 0 Å². The molecule has 524 valence electrons. The van der Waals surface area contributed by atoms with Crippen LogP contribution >= 0.6 is 0 Å². The van der Waals surface area contributed by atoms with Crippen molar-refractivity contribution in [3.05, 3.63) is 101 Å². The van der Waals surface area contributed by atoms with E-state index >= 15 is 0 Å². The van der Waals surface area contributed by atoms with Crippen molar-refractivity contribution < 1.29 is 100 Å². The Kier molecular flexibility index (Phi) is 24.0. The van der Waals surface area contributed by atoms with Crippen molar-refractivity contribution in [2.45, 2.75) is 229 Å². The van der Waals surface area contributed by atoms with Crippen LogP contribution in [0, 0.1) is 11.8 Å². The molecular formula is C75H93NO21. The third-order valence-corrected chi connectivity index (χ3v) is 15.2. The molecule has 3 atom stereocenters. The van der Waals surface area contributed by atoms with E-state index in [0.29, 0.717) is 82.4 Å². The number of amides is 1. The van der Waals surface area contributed by atoms with Crippen molar-refractivity contribution >= 4 is 86.7 Å². The minimum absolute atomic E-state index is 0.0768. The van der Waals surface area contributed by atoms with Gasteiger partial charge in [0.2, 0.25) is 11.6 Å². The number of ether oxygens (including phenoxy) is 10. The molecule has 5 aromatic rings. The predicted molar refractivity (Wildman–Crippen MR) is 361 cm³/mol. The SMILES string of the molecule is CC(=O)Oc1c(OC(=O)[C@H](C)NC(=O)OC(C)(C)C)c2c(c3ccccc13)OC(C)(C)CC2.CC(=O)Oc1c2c(c3ccccc3c1OC(=O)[C@H](C)CC(=O)OC(C)(C)C)OC(C)(C)CC2.CC1(C)CCC2=C(O1)c1ccccc1C(=O)C2=O.C[C@H](CC(=O)OC(C)(C)C)C(=O)O. The van der Waals surface area contributed by atoms with Crippen molar-refractivity contribution in [2.75, 3.05) is 0 Å². The van der Waals surface area contributed by atoms with Crippen LogP contribution in [0.15, 0.2) is 78.4 Å². The average Bonchev–Trinajstić information content (AvgIpc) is 0.759. The first kappa shape index (κ1) is 76.7. The fourth-order valence-electron chi connectivity index (χ4n) is 10.6. The van der Waals surface area contributed by atoms with Crippen molar-refractivity contribution in [2.24, 2.45) is 11.8 Å². The van der Waals surface area contributed by atoms with Gasteiger partial charge in [0.05, 0.1) is 24.7 Å². The number of carboxylic acid groups (broad SMARTS) is 1. The Morgan fingerprint density at radius 3 is 1.32 bits per heavy atom. The van der Waals surface area contributed by atoms with Gasteiger partial charge < -0.3 is 57.8 Å². The zero-order valence-electron chi connectivity index (χ0n) is 59.4. The number of aliphatic carboxylic acids is 1. The summed E-state index contributed by atoms with van der Waals surface area (Å²) in [5, 5.41) is 13.7. The maximum atomic E-state index is 13.0. The number of benzene rings is 5. The molecular weight excluding hydrogens is 1250 g/mol. The number of carbonyl (C=O) groups excluding carboxylic acids is 9. The molecule has 0 aromatic heterocycles. The molecule has 0 radical (unpaired) electrons. The highest BCUT2D eigenvalue weighted by molar-refractivity contribution is 6.52. The first-order valence-electron chi connectivity index (χ1n) is 32.4. The quantitative estimate of drug-likeness (QED) is 0.0507. The van der Waals surface area contributed by atoms with E-state index in [2.05, 4.69) is 5.32 Å². The number of carbonyl (C=O) groups is 10. The van der Waals surface area contributed by atoms with E-state index in [1.54, 1.807) is 99.6 Å². The summed E-state index contributed by atoms with van der Waals surface area (Å²) in [4.78, 5) is 120. The molecule has 0 spiro atoms. The van der Waals surface area contributed by atoms with Crippen LogP contribution in [0.2, 0.25) is 0 Å². The number of ketones is 2. The van der Waals surface area contributed by atoms with Gasteiger partial charge in [0.1, 0.15) is 56.9 Å². The molecule has 97 heavy (non-hydrogen) atoms. The topological polar surface area (TPSA) is 295 Å². The fourth-order valence-corrected chi connectivity index (χ4v) is 10.6. The monoisotopic (exact) mass is 1340 g/mol. The maximum absolute atomic E-state index is 13.0. The van der Waals surface area contributed by atoms with Gasteiger partial charge in [-0.05, 0) is 149 Å². The van der Waals surface area contributed by atoms with Gasteiger partial charge in [0.25, 0.3) is 0 Å². The van der Waals surface area contributed by atoms with E-state index in [9.17, 15) is 47.9 Å². The lowest BCUT2D eigenvalue weighted by atomic mass is 9.82. The Morgan fingerprint density at radius 1 is 0.485 bits per heavy atom. The molecule has 0 unspecified atom stereocenters. The maximum Gasteiger partial charge on any atom is 0.408 e. The third-order valence-electron chi connectivity index (χ3n) is 15.2. The molecule has 22 heteroatoms. The first-order valence-corrected chi connectivity index (χ1v) is 32.4. The molecule has 0 bridgehead atoms. The largest absolute Gasteiger partial charge is 0.487 e. The summed E-state index contributed by atoms with van der Waals surface area (Å²) in [6.07, 6.45) is 2.95. The molecule has 22 nitrogen and oxygen atoms in total. The van der Waals surface area contributed by atoms with Gasteiger partial charge >= 0.3 is 47.9 Å². The van der Waals surface area contributed by atoms with E-state index in [-0.39, 0.29) is 47.0 Å². The Morgan fingerprint density at radius 2 is 0.866 bits per heavy atom.